The highest BCUT2D eigenvalue weighted by molar-refractivity contribution is 6.01. The van der Waals surface area contributed by atoms with Gasteiger partial charge in [0.05, 0.1) is 34.8 Å². The molecule has 5 aromatic heterocycles. The van der Waals surface area contributed by atoms with Gasteiger partial charge in [0.1, 0.15) is 11.5 Å². The van der Waals surface area contributed by atoms with E-state index < -0.39 is 0 Å². The number of H-pyrrole nitrogens is 2. The summed E-state index contributed by atoms with van der Waals surface area (Å²) in [4.78, 5) is 21.2. The molecule has 6 aromatic rings. The topological polar surface area (TPSA) is 102 Å². The second kappa shape index (κ2) is 11.1. The first kappa shape index (κ1) is 26.5. The molecule has 0 unspecified atom stereocenters. The summed E-state index contributed by atoms with van der Waals surface area (Å²) in [5, 5.41) is 12.9. The molecule has 6 rings (SSSR count). The quantitative estimate of drug-likeness (QED) is 0.222. The van der Waals surface area contributed by atoms with Crippen LogP contribution in [0.25, 0.3) is 55.6 Å². The van der Waals surface area contributed by atoms with Gasteiger partial charge in [0.15, 0.2) is 0 Å². The van der Waals surface area contributed by atoms with Crippen LogP contribution in [-0.2, 0) is 6.54 Å². The number of nitrogens with one attached hydrogen (secondary N) is 3. The Hall–Kier alpha value is -4.67. The maximum atomic E-state index is 14.7. The minimum absolute atomic E-state index is 0.301. The summed E-state index contributed by atoms with van der Waals surface area (Å²) in [6.45, 7) is 2.35. The number of aromatic amines is 2. The monoisotopic (exact) mass is 549 g/mol. The van der Waals surface area contributed by atoms with Crippen LogP contribution in [0.5, 0.6) is 0 Å². The SMILES string of the molecule is CN(C)CCNc1cc(F)cc(-c2cncc3[nH]c(-c4n[nH]c5cnc(-c6cncc(CN(C)C)c6)cc45)cc23)c1. The van der Waals surface area contributed by atoms with E-state index in [1.54, 1.807) is 24.7 Å². The molecule has 41 heavy (non-hydrogen) atoms. The number of hydrogen-bond acceptors (Lipinski definition) is 7. The van der Waals surface area contributed by atoms with Gasteiger partial charge in [0.2, 0.25) is 0 Å². The Morgan fingerprint density at radius 3 is 2.49 bits per heavy atom. The average molecular weight is 550 g/mol. The van der Waals surface area contributed by atoms with Crippen molar-refractivity contribution in [1.82, 2.24) is 39.9 Å². The zero-order valence-corrected chi connectivity index (χ0v) is 23.5. The van der Waals surface area contributed by atoms with Crippen molar-refractivity contribution < 1.29 is 4.39 Å². The predicted molar refractivity (Wildman–Crippen MR) is 162 cm³/mol. The van der Waals surface area contributed by atoms with Gasteiger partial charge in [-0.3, -0.25) is 20.1 Å². The average Bonchev–Trinajstić information content (AvgIpc) is 3.56. The highest BCUT2D eigenvalue weighted by Gasteiger charge is 2.16. The molecule has 0 saturated carbocycles. The van der Waals surface area contributed by atoms with Crippen molar-refractivity contribution in [2.75, 3.05) is 46.6 Å². The van der Waals surface area contributed by atoms with Gasteiger partial charge in [-0.2, -0.15) is 5.10 Å². The second-order valence-corrected chi connectivity index (χ2v) is 10.8. The number of nitrogens with zero attached hydrogens (tertiary/aromatic N) is 6. The lowest BCUT2D eigenvalue weighted by atomic mass is 10.0. The maximum Gasteiger partial charge on any atom is 0.125 e. The predicted octanol–water partition coefficient (Wildman–Crippen LogP) is 5.40. The van der Waals surface area contributed by atoms with Crippen molar-refractivity contribution in [3.05, 3.63) is 78.8 Å². The Morgan fingerprint density at radius 1 is 0.805 bits per heavy atom. The van der Waals surface area contributed by atoms with Crippen LogP contribution in [0.2, 0.25) is 0 Å². The van der Waals surface area contributed by atoms with E-state index in [1.165, 1.54) is 6.07 Å². The molecular formula is C31H32FN9. The Kier molecular flexibility index (Phi) is 7.17. The summed E-state index contributed by atoms with van der Waals surface area (Å²) in [6, 6.07) is 11.2. The first-order valence-electron chi connectivity index (χ1n) is 13.4. The van der Waals surface area contributed by atoms with Gasteiger partial charge >= 0.3 is 0 Å². The molecule has 10 heteroatoms. The van der Waals surface area contributed by atoms with Crippen molar-refractivity contribution in [2.45, 2.75) is 6.54 Å². The zero-order valence-electron chi connectivity index (χ0n) is 23.5. The number of aromatic nitrogens is 6. The molecule has 0 bridgehead atoms. The molecule has 0 fully saturated rings. The van der Waals surface area contributed by atoms with E-state index in [0.717, 1.165) is 79.9 Å². The second-order valence-electron chi connectivity index (χ2n) is 10.8. The summed E-state index contributed by atoms with van der Waals surface area (Å²) in [5.74, 6) is -0.301. The lowest BCUT2D eigenvalue weighted by Crippen LogP contribution is -2.20. The number of rotatable bonds is 9. The summed E-state index contributed by atoms with van der Waals surface area (Å²) in [7, 11) is 8.09. The summed E-state index contributed by atoms with van der Waals surface area (Å²) < 4.78 is 14.7. The largest absolute Gasteiger partial charge is 0.384 e. The molecule has 0 amide bonds. The van der Waals surface area contributed by atoms with Crippen LogP contribution in [0.15, 0.2) is 67.4 Å². The third-order valence-corrected chi connectivity index (χ3v) is 6.93. The molecule has 0 aliphatic heterocycles. The summed E-state index contributed by atoms with van der Waals surface area (Å²) >= 11 is 0. The minimum Gasteiger partial charge on any atom is -0.384 e. The third-order valence-electron chi connectivity index (χ3n) is 6.93. The van der Waals surface area contributed by atoms with Crippen molar-refractivity contribution >= 4 is 27.5 Å². The van der Waals surface area contributed by atoms with E-state index in [-0.39, 0.29) is 5.82 Å². The van der Waals surface area contributed by atoms with E-state index in [9.17, 15) is 4.39 Å². The Bertz CT molecular complexity index is 1840. The van der Waals surface area contributed by atoms with Crippen LogP contribution in [-0.4, -0.2) is 81.2 Å². The lowest BCUT2D eigenvalue weighted by Gasteiger charge is -2.13. The number of likely N-dealkylation sites (N-methyl/N-ethyl adjacent to an activating group) is 1. The van der Waals surface area contributed by atoms with Gasteiger partial charge in [-0.15, -0.1) is 0 Å². The molecular weight excluding hydrogens is 517 g/mol. The standard InChI is InChI=1S/C31H32FN9/c1-40(2)6-5-35-23-9-20(8-22(32)10-23)26-15-34-16-29-24(26)11-28(37-29)31-25-12-27(36-17-30(25)38-39-31)21-7-19(13-33-14-21)18-41(3)4/h7-17,35,37H,5-6,18H2,1-4H3,(H,38,39). The first-order valence-corrected chi connectivity index (χ1v) is 13.4. The molecule has 5 heterocycles. The number of halogens is 1. The van der Waals surface area contributed by atoms with E-state index in [0.29, 0.717) is 6.54 Å². The highest BCUT2D eigenvalue weighted by Crippen LogP contribution is 2.35. The highest BCUT2D eigenvalue weighted by atomic mass is 19.1. The molecule has 0 aliphatic carbocycles. The maximum absolute atomic E-state index is 14.7. The van der Waals surface area contributed by atoms with Gasteiger partial charge in [0, 0.05) is 65.8 Å². The fraction of sp³-hybridized carbons (Fsp3) is 0.226. The van der Waals surface area contributed by atoms with E-state index in [4.69, 9.17) is 0 Å². The molecule has 0 aliphatic rings. The normalized spacial score (nSPS) is 11.8. The van der Waals surface area contributed by atoms with Crippen molar-refractivity contribution in [3.8, 4) is 33.8 Å². The van der Waals surface area contributed by atoms with Gasteiger partial charge in [-0.1, -0.05) is 0 Å². The first-order chi connectivity index (χ1) is 19.8. The molecule has 208 valence electrons. The van der Waals surface area contributed by atoms with E-state index >= 15 is 0 Å². The smallest absolute Gasteiger partial charge is 0.125 e. The van der Waals surface area contributed by atoms with Gasteiger partial charge in [-0.25, -0.2) is 4.39 Å². The Labute approximate surface area is 237 Å². The minimum atomic E-state index is -0.301. The fourth-order valence-electron chi connectivity index (χ4n) is 5.04. The Morgan fingerprint density at radius 2 is 1.66 bits per heavy atom. The van der Waals surface area contributed by atoms with Crippen LogP contribution >= 0.6 is 0 Å². The van der Waals surface area contributed by atoms with Gasteiger partial charge < -0.3 is 20.1 Å². The van der Waals surface area contributed by atoms with Gasteiger partial charge in [-0.05, 0) is 75.7 Å². The summed E-state index contributed by atoms with van der Waals surface area (Å²) in [5.41, 5.74) is 8.49. The number of pyridine rings is 3. The molecule has 0 spiro atoms. The number of hydrogen-bond donors (Lipinski definition) is 3. The molecule has 9 nitrogen and oxygen atoms in total. The molecule has 0 atom stereocenters. The zero-order chi connectivity index (χ0) is 28.5. The molecule has 0 saturated heterocycles. The number of benzene rings is 1. The van der Waals surface area contributed by atoms with Crippen LogP contribution in [0.4, 0.5) is 10.1 Å². The summed E-state index contributed by atoms with van der Waals surface area (Å²) in [6.07, 6.45) is 9.06. The number of fused-ring (bicyclic) bond motifs is 2. The van der Waals surface area contributed by atoms with Crippen LogP contribution in [0, 0.1) is 5.82 Å². The van der Waals surface area contributed by atoms with Crippen molar-refractivity contribution in [1.29, 1.82) is 0 Å². The third kappa shape index (κ3) is 5.65. The van der Waals surface area contributed by atoms with E-state index in [1.807, 2.05) is 58.8 Å². The van der Waals surface area contributed by atoms with Gasteiger partial charge in [0.25, 0.3) is 0 Å². The van der Waals surface area contributed by atoms with Crippen molar-refractivity contribution in [3.63, 3.8) is 0 Å². The van der Waals surface area contributed by atoms with Crippen LogP contribution < -0.4 is 5.32 Å². The number of anilines is 1. The van der Waals surface area contributed by atoms with Crippen LogP contribution in [0.3, 0.4) is 0 Å². The Balaban J connectivity index is 1.37. The fourth-order valence-corrected chi connectivity index (χ4v) is 5.04. The molecule has 3 N–H and O–H groups in total. The van der Waals surface area contributed by atoms with Crippen LogP contribution in [0.1, 0.15) is 5.56 Å². The molecule has 0 radical (unpaired) electrons. The van der Waals surface area contributed by atoms with Crippen molar-refractivity contribution in [2.24, 2.45) is 0 Å². The van der Waals surface area contributed by atoms with E-state index in [2.05, 4.69) is 51.3 Å². The lowest BCUT2D eigenvalue weighted by molar-refractivity contribution is 0.402. The molecule has 1 aromatic carbocycles.